The van der Waals surface area contributed by atoms with Gasteiger partial charge in [0, 0.05) is 50.6 Å². The molecule has 3 amide bonds. The van der Waals surface area contributed by atoms with E-state index in [1.807, 2.05) is 18.2 Å². The van der Waals surface area contributed by atoms with Crippen molar-refractivity contribution >= 4 is 29.1 Å². The van der Waals surface area contributed by atoms with Crippen molar-refractivity contribution in [3.8, 4) is 0 Å². The highest BCUT2D eigenvalue weighted by atomic mass is 19.1. The first-order chi connectivity index (χ1) is 16.0. The Balaban J connectivity index is 1.31. The third-order valence-corrected chi connectivity index (χ3v) is 6.01. The number of amides is 3. The average Bonchev–Trinajstić information content (AvgIpc) is 2.82. The molecule has 2 N–H and O–H groups in total. The molecular formula is C24H28FN5O3. The van der Waals surface area contributed by atoms with E-state index >= 15 is 0 Å². The Bertz CT molecular complexity index is 977. The van der Waals surface area contributed by atoms with Gasteiger partial charge < -0.3 is 20.4 Å². The summed E-state index contributed by atoms with van der Waals surface area (Å²) in [5.41, 5.74) is 1.61. The first kappa shape index (κ1) is 22.7. The van der Waals surface area contributed by atoms with Gasteiger partial charge in [-0.3, -0.25) is 19.3 Å². The predicted octanol–water partition coefficient (Wildman–Crippen LogP) is 1.30. The SMILES string of the molecule is O=C(CC1C(=O)NCCN1C(=O)CN1CCN(c2ccc(F)cc2)CC1)Nc1ccccc1. The number of nitrogens with one attached hydrogen (secondary N) is 2. The van der Waals surface area contributed by atoms with Gasteiger partial charge >= 0.3 is 0 Å². The zero-order valence-electron chi connectivity index (χ0n) is 18.4. The van der Waals surface area contributed by atoms with Crippen LogP contribution in [0.15, 0.2) is 54.6 Å². The Morgan fingerprint density at radius 1 is 0.970 bits per heavy atom. The topological polar surface area (TPSA) is 85.0 Å². The Morgan fingerprint density at radius 2 is 1.67 bits per heavy atom. The number of anilines is 2. The van der Waals surface area contributed by atoms with Gasteiger partial charge in [0.1, 0.15) is 11.9 Å². The van der Waals surface area contributed by atoms with E-state index in [2.05, 4.69) is 20.4 Å². The van der Waals surface area contributed by atoms with Gasteiger partial charge in [-0.05, 0) is 36.4 Å². The van der Waals surface area contributed by atoms with Gasteiger partial charge in [0.25, 0.3) is 0 Å². The van der Waals surface area contributed by atoms with Crippen LogP contribution in [0.25, 0.3) is 0 Å². The molecule has 2 fully saturated rings. The molecule has 174 valence electrons. The maximum Gasteiger partial charge on any atom is 0.243 e. The smallest absolute Gasteiger partial charge is 0.243 e. The van der Waals surface area contributed by atoms with Gasteiger partial charge in [-0.2, -0.15) is 0 Å². The van der Waals surface area contributed by atoms with Gasteiger partial charge in [0.2, 0.25) is 17.7 Å². The Hall–Kier alpha value is -3.46. The van der Waals surface area contributed by atoms with E-state index in [1.165, 1.54) is 17.0 Å². The molecule has 1 unspecified atom stereocenters. The lowest BCUT2D eigenvalue weighted by Crippen LogP contribution is -2.60. The Morgan fingerprint density at radius 3 is 2.36 bits per heavy atom. The number of carbonyl (C=O) groups is 3. The van der Waals surface area contributed by atoms with Crippen LogP contribution in [0.5, 0.6) is 0 Å². The lowest BCUT2D eigenvalue weighted by molar-refractivity contribution is -0.145. The molecule has 0 spiro atoms. The third kappa shape index (κ3) is 5.87. The van der Waals surface area contributed by atoms with Crippen LogP contribution in [0, 0.1) is 5.82 Å². The van der Waals surface area contributed by atoms with Crippen molar-refractivity contribution in [3.05, 3.63) is 60.4 Å². The molecule has 0 bridgehead atoms. The minimum Gasteiger partial charge on any atom is -0.369 e. The zero-order chi connectivity index (χ0) is 23.2. The Labute approximate surface area is 192 Å². The van der Waals surface area contributed by atoms with Crippen molar-refractivity contribution < 1.29 is 18.8 Å². The van der Waals surface area contributed by atoms with Crippen molar-refractivity contribution in [1.82, 2.24) is 15.1 Å². The van der Waals surface area contributed by atoms with E-state index in [0.29, 0.717) is 31.9 Å². The second kappa shape index (κ2) is 10.4. The fourth-order valence-electron chi connectivity index (χ4n) is 4.22. The first-order valence-electron chi connectivity index (χ1n) is 11.1. The second-order valence-corrected chi connectivity index (χ2v) is 8.25. The lowest BCUT2D eigenvalue weighted by atomic mass is 10.1. The summed E-state index contributed by atoms with van der Waals surface area (Å²) in [5.74, 6) is -1.04. The molecule has 2 saturated heterocycles. The number of piperazine rings is 2. The van der Waals surface area contributed by atoms with E-state index in [4.69, 9.17) is 0 Å². The van der Waals surface area contributed by atoms with Gasteiger partial charge in [0.05, 0.1) is 13.0 Å². The molecule has 33 heavy (non-hydrogen) atoms. The molecule has 4 rings (SSSR count). The van der Waals surface area contributed by atoms with Crippen molar-refractivity contribution in [1.29, 1.82) is 0 Å². The van der Waals surface area contributed by atoms with Crippen LogP contribution in [0.4, 0.5) is 15.8 Å². The maximum atomic E-state index is 13.2. The zero-order valence-corrected chi connectivity index (χ0v) is 18.4. The molecule has 2 aromatic carbocycles. The highest BCUT2D eigenvalue weighted by Crippen LogP contribution is 2.18. The van der Waals surface area contributed by atoms with E-state index < -0.39 is 6.04 Å². The number of benzene rings is 2. The molecule has 0 aliphatic carbocycles. The predicted molar refractivity (Wildman–Crippen MR) is 123 cm³/mol. The summed E-state index contributed by atoms with van der Waals surface area (Å²) in [6.07, 6.45) is -0.0924. The molecule has 0 saturated carbocycles. The molecule has 9 heteroatoms. The highest BCUT2D eigenvalue weighted by molar-refractivity contribution is 5.97. The Kier molecular flexibility index (Phi) is 7.19. The number of hydrogen-bond acceptors (Lipinski definition) is 5. The first-order valence-corrected chi connectivity index (χ1v) is 11.1. The number of hydrogen-bond donors (Lipinski definition) is 2. The maximum absolute atomic E-state index is 13.2. The number of carbonyl (C=O) groups excluding carboxylic acids is 3. The largest absolute Gasteiger partial charge is 0.369 e. The van der Waals surface area contributed by atoms with Crippen molar-refractivity contribution in [2.24, 2.45) is 0 Å². The minimum absolute atomic E-state index is 0.0924. The minimum atomic E-state index is -0.824. The summed E-state index contributed by atoms with van der Waals surface area (Å²) in [6.45, 7) is 3.76. The van der Waals surface area contributed by atoms with Gasteiger partial charge in [-0.1, -0.05) is 18.2 Å². The summed E-state index contributed by atoms with van der Waals surface area (Å²) < 4.78 is 13.2. The summed E-state index contributed by atoms with van der Waals surface area (Å²) in [7, 11) is 0. The van der Waals surface area contributed by atoms with E-state index in [1.54, 1.807) is 24.3 Å². The quantitative estimate of drug-likeness (QED) is 0.689. The summed E-state index contributed by atoms with van der Waals surface area (Å²) in [4.78, 5) is 43.8. The molecule has 2 aliphatic rings. The fourth-order valence-corrected chi connectivity index (χ4v) is 4.22. The molecule has 2 heterocycles. The van der Waals surface area contributed by atoms with Crippen LogP contribution in [0.3, 0.4) is 0 Å². The van der Waals surface area contributed by atoms with E-state index in [0.717, 1.165) is 18.8 Å². The average molecular weight is 454 g/mol. The molecule has 2 aromatic rings. The standard InChI is InChI=1S/C24H28FN5O3/c25-18-6-8-20(9-7-18)29-14-12-28(13-15-29)17-23(32)30-11-10-26-24(33)21(30)16-22(31)27-19-4-2-1-3-5-19/h1-9,21H,10-17H2,(H,26,33)(H,27,31). The molecule has 1 atom stereocenters. The van der Waals surface area contributed by atoms with Crippen LogP contribution in [0.1, 0.15) is 6.42 Å². The van der Waals surface area contributed by atoms with Crippen molar-refractivity contribution in [2.75, 3.05) is 56.0 Å². The van der Waals surface area contributed by atoms with Crippen molar-refractivity contribution in [2.45, 2.75) is 12.5 Å². The monoisotopic (exact) mass is 453 g/mol. The summed E-state index contributed by atoms with van der Waals surface area (Å²) in [6, 6.07) is 14.6. The summed E-state index contributed by atoms with van der Waals surface area (Å²) >= 11 is 0. The van der Waals surface area contributed by atoms with Gasteiger partial charge in [-0.25, -0.2) is 4.39 Å². The number of para-hydroxylation sites is 1. The molecule has 0 radical (unpaired) electrons. The number of nitrogens with zero attached hydrogens (tertiary/aromatic N) is 3. The highest BCUT2D eigenvalue weighted by Gasteiger charge is 2.35. The molecule has 2 aliphatic heterocycles. The molecule has 8 nitrogen and oxygen atoms in total. The number of halogens is 1. The van der Waals surface area contributed by atoms with Gasteiger partial charge in [0.15, 0.2) is 0 Å². The lowest BCUT2D eigenvalue weighted by Gasteiger charge is -2.39. The number of rotatable bonds is 6. The van der Waals surface area contributed by atoms with E-state index in [9.17, 15) is 18.8 Å². The van der Waals surface area contributed by atoms with Crippen LogP contribution in [-0.2, 0) is 14.4 Å². The van der Waals surface area contributed by atoms with E-state index in [-0.39, 0.29) is 36.5 Å². The van der Waals surface area contributed by atoms with Crippen LogP contribution >= 0.6 is 0 Å². The molecule has 0 aromatic heterocycles. The van der Waals surface area contributed by atoms with Crippen molar-refractivity contribution in [3.63, 3.8) is 0 Å². The van der Waals surface area contributed by atoms with Crippen LogP contribution < -0.4 is 15.5 Å². The van der Waals surface area contributed by atoms with Gasteiger partial charge in [-0.15, -0.1) is 0 Å². The third-order valence-electron chi connectivity index (χ3n) is 6.01. The van der Waals surface area contributed by atoms with Crippen LogP contribution in [-0.4, -0.2) is 79.4 Å². The normalized spacial score (nSPS) is 19.2. The van der Waals surface area contributed by atoms with Crippen LogP contribution in [0.2, 0.25) is 0 Å². The second-order valence-electron chi connectivity index (χ2n) is 8.25. The molecular weight excluding hydrogens is 425 g/mol. The summed E-state index contributed by atoms with van der Waals surface area (Å²) in [5, 5.41) is 5.54. The fraction of sp³-hybridized carbons (Fsp3) is 0.375.